The summed E-state index contributed by atoms with van der Waals surface area (Å²) in [6.07, 6.45) is 1.58. The smallest absolute Gasteiger partial charge is 0.218 e. The van der Waals surface area contributed by atoms with Crippen LogP contribution in [0.25, 0.3) is 0 Å². The topological polar surface area (TPSA) is 41.5 Å². The van der Waals surface area contributed by atoms with Crippen molar-refractivity contribution in [1.29, 1.82) is 0 Å². The zero-order valence-electron chi connectivity index (χ0n) is 14.1. The molecule has 0 aliphatic carbocycles. The lowest BCUT2D eigenvalue weighted by Crippen LogP contribution is -2.47. The van der Waals surface area contributed by atoms with E-state index in [4.69, 9.17) is 4.74 Å². The summed E-state index contributed by atoms with van der Waals surface area (Å²) in [5.41, 5.74) is 4.00. The Hall–Kier alpha value is -2.30. The van der Waals surface area contributed by atoms with Crippen LogP contribution in [0, 0.1) is 13.8 Å². The summed E-state index contributed by atoms with van der Waals surface area (Å²) >= 11 is 0. The maximum absolute atomic E-state index is 5.47. The van der Waals surface area contributed by atoms with Crippen molar-refractivity contribution in [2.45, 2.75) is 20.8 Å². The van der Waals surface area contributed by atoms with Crippen LogP contribution in [0.5, 0.6) is 5.88 Å². The molecule has 2 aromatic rings. The molecule has 1 fully saturated rings. The van der Waals surface area contributed by atoms with E-state index in [1.54, 1.807) is 6.33 Å². The largest absolute Gasteiger partial charge is 0.478 e. The number of ether oxygens (including phenoxy) is 1. The van der Waals surface area contributed by atoms with Crippen molar-refractivity contribution < 1.29 is 4.74 Å². The van der Waals surface area contributed by atoms with E-state index in [2.05, 4.69) is 51.8 Å². The van der Waals surface area contributed by atoms with Crippen LogP contribution in [0.4, 0.5) is 11.5 Å². The first-order valence-corrected chi connectivity index (χ1v) is 8.19. The van der Waals surface area contributed by atoms with Gasteiger partial charge in [0.1, 0.15) is 12.1 Å². The highest BCUT2D eigenvalue weighted by Crippen LogP contribution is 2.24. The molecule has 0 unspecified atom stereocenters. The number of hydrogen-bond acceptors (Lipinski definition) is 5. The third kappa shape index (κ3) is 3.55. The maximum Gasteiger partial charge on any atom is 0.218 e. The van der Waals surface area contributed by atoms with E-state index >= 15 is 0 Å². The van der Waals surface area contributed by atoms with Gasteiger partial charge in [0.05, 0.1) is 6.61 Å². The van der Waals surface area contributed by atoms with Gasteiger partial charge in [0.15, 0.2) is 0 Å². The summed E-state index contributed by atoms with van der Waals surface area (Å²) in [5.74, 6) is 1.60. The molecule has 1 aromatic heterocycles. The second-order valence-electron chi connectivity index (χ2n) is 5.91. The Morgan fingerprint density at radius 1 is 1.00 bits per heavy atom. The summed E-state index contributed by atoms with van der Waals surface area (Å²) in [5, 5.41) is 0. The van der Waals surface area contributed by atoms with Gasteiger partial charge in [-0.1, -0.05) is 12.1 Å². The first-order valence-electron chi connectivity index (χ1n) is 8.19. The third-order valence-corrected chi connectivity index (χ3v) is 4.23. The number of anilines is 2. The number of aromatic nitrogens is 2. The first-order chi connectivity index (χ1) is 11.2. The van der Waals surface area contributed by atoms with Crippen LogP contribution >= 0.6 is 0 Å². The zero-order valence-corrected chi connectivity index (χ0v) is 14.1. The molecule has 23 heavy (non-hydrogen) atoms. The lowest BCUT2D eigenvalue weighted by Gasteiger charge is -2.37. The number of piperazine rings is 1. The normalized spacial score (nSPS) is 14.9. The van der Waals surface area contributed by atoms with Crippen LogP contribution in [0.2, 0.25) is 0 Å². The monoisotopic (exact) mass is 312 g/mol. The van der Waals surface area contributed by atoms with Crippen molar-refractivity contribution in [3.05, 3.63) is 41.7 Å². The number of rotatable bonds is 4. The molecule has 0 atom stereocenters. The second-order valence-corrected chi connectivity index (χ2v) is 5.91. The summed E-state index contributed by atoms with van der Waals surface area (Å²) < 4.78 is 5.47. The van der Waals surface area contributed by atoms with E-state index < -0.39 is 0 Å². The molecule has 1 aliphatic rings. The number of aryl methyl sites for hydroxylation is 2. The fourth-order valence-electron chi connectivity index (χ4n) is 2.97. The molecule has 0 N–H and O–H groups in total. The molecule has 1 saturated heterocycles. The van der Waals surface area contributed by atoms with Gasteiger partial charge < -0.3 is 14.5 Å². The lowest BCUT2D eigenvalue weighted by atomic mass is 10.1. The van der Waals surface area contributed by atoms with Crippen molar-refractivity contribution in [2.24, 2.45) is 0 Å². The van der Waals surface area contributed by atoms with Gasteiger partial charge in [0.25, 0.3) is 0 Å². The minimum atomic E-state index is 0.622. The molecule has 1 aromatic carbocycles. The molecule has 0 bridgehead atoms. The van der Waals surface area contributed by atoms with Gasteiger partial charge in [-0.2, -0.15) is 0 Å². The Morgan fingerprint density at radius 3 is 2.48 bits per heavy atom. The molecule has 1 aliphatic heterocycles. The van der Waals surface area contributed by atoms with Gasteiger partial charge in [0, 0.05) is 37.9 Å². The highest BCUT2D eigenvalue weighted by atomic mass is 16.5. The first kappa shape index (κ1) is 15.6. The Balaban J connectivity index is 1.68. The molecule has 0 saturated carbocycles. The molecule has 5 heteroatoms. The SMILES string of the molecule is CCOc1cc(N2CCN(c3cc(C)ccc3C)CC2)ncn1. The van der Waals surface area contributed by atoms with Crippen LogP contribution in [0.3, 0.4) is 0 Å². The number of benzene rings is 1. The van der Waals surface area contributed by atoms with E-state index in [-0.39, 0.29) is 0 Å². The summed E-state index contributed by atoms with van der Waals surface area (Å²) in [6, 6.07) is 8.58. The highest BCUT2D eigenvalue weighted by molar-refractivity contribution is 5.56. The maximum atomic E-state index is 5.47. The van der Waals surface area contributed by atoms with Crippen molar-refractivity contribution in [3.63, 3.8) is 0 Å². The molecule has 122 valence electrons. The molecule has 3 rings (SSSR count). The molecular weight excluding hydrogens is 288 g/mol. The average molecular weight is 312 g/mol. The van der Waals surface area contributed by atoms with E-state index in [9.17, 15) is 0 Å². The van der Waals surface area contributed by atoms with Gasteiger partial charge >= 0.3 is 0 Å². The van der Waals surface area contributed by atoms with E-state index in [1.807, 2.05) is 13.0 Å². The molecular formula is C18H24N4O. The van der Waals surface area contributed by atoms with Gasteiger partial charge in [-0.3, -0.25) is 0 Å². The Bertz CT molecular complexity index is 666. The van der Waals surface area contributed by atoms with Crippen LogP contribution in [0.1, 0.15) is 18.1 Å². The minimum Gasteiger partial charge on any atom is -0.478 e. The molecule has 2 heterocycles. The Labute approximate surface area is 137 Å². The molecule has 5 nitrogen and oxygen atoms in total. The predicted molar refractivity (Wildman–Crippen MR) is 93.5 cm³/mol. The quantitative estimate of drug-likeness (QED) is 0.868. The third-order valence-electron chi connectivity index (χ3n) is 4.23. The van der Waals surface area contributed by atoms with E-state index in [0.717, 1.165) is 32.0 Å². The van der Waals surface area contributed by atoms with E-state index in [0.29, 0.717) is 12.5 Å². The number of hydrogen-bond donors (Lipinski definition) is 0. The second kappa shape index (κ2) is 6.86. The fourth-order valence-corrected chi connectivity index (χ4v) is 2.97. The van der Waals surface area contributed by atoms with Crippen molar-refractivity contribution >= 4 is 11.5 Å². The Morgan fingerprint density at radius 2 is 1.74 bits per heavy atom. The van der Waals surface area contributed by atoms with Gasteiger partial charge in [-0.25, -0.2) is 9.97 Å². The highest BCUT2D eigenvalue weighted by Gasteiger charge is 2.20. The van der Waals surface area contributed by atoms with Crippen LogP contribution in [-0.2, 0) is 0 Å². The lowest BCUT2D eigenvalue weighted by molar-refractivity contribution is 0.326. The summed E-state index contributed by atoms with van der Waals surface area (Å²) in [6.45, 7) is 10.8. The van der Waals surface area contributed by atoms with Crippen LogP contribution < -0.4 is 14.5 Å². The van der Waals surface area contributed by atoms with E-state index in [1.165, 1.54) is 16.8 Å². The summed E-state index contributed by atoms with van der Waals surface area (Å²) in [7, 11) is 0. The van der Waals surface area contributed by atoms with Crippen LogP contribution in [0.15, 0.2) is 30.6 Å². The predicted octanol–water partition coefficient (Wildman–Crippen LogP) is 2.82. The van der Waals surface area contributed by atoms with Gasteiger partial charge in [-0.15, -0.1) is 0 Å². The molecule has 0 radical (unpaired) electrons. The number of nitrogens with zero attached hydrogens (tertiary/aromatic N) is 4. The average Bonchev–Trinajstić information content (AvgIpc) is 2.58. The molecule has 0 amide bonds. The zero-order chi connectivity index (χ0) is 16.2. The van der Waals surface area contributed by atoms with Crippen molar-refractivity contribution in [1.82, 2.24) is 9.97 Å². The minimum absolute atomic E-state index is 0.622. The molecule has 0 spiro atoms. The van der Waals surface area contributed by atoms with Crippen molar-refractivity contribution in [2.75, 3.05) is 42.6 Å². The van der Waals surface area contributed by atoms with Gasteiger partial charge in [0.2, 0.25) is 5.88 Å². The standard InChI is InChI=1S/C18H24N4O/c1-4-23-18-12-17(19-13-20-18)22-9-7-21(8-10-22)16-11-14(2)5-6-15(16)3/h5-6,11-13H,4,7-10H2,1-3H3. The van der Waals surface area contributed by atoms with Gasteiger partial charge in [-0.05, 0) is 38.0 Å². The van der Waals surface area contributed by atoms with Crippen LogP contribution in [-0.4, -0.2) is 42.8 Å². The summed E-state index contributed by atoms with van der Waals surface area (Å²) in [4.78, 5) is 13.3. The van der Waals surface area contributed by atoms with Crippen molar-refractivity contribution in [3.8, 4) is 5.88 Å². The fraction of sp³-hybridized carbons (Fsp3) is 0.444. The Kier molecular flexibility index (Phi) is 4.65.